The molecule has 2 rings (SSSR count). The third-order valence-corrected chi connectivity index (χ3v) is 4.11. The normalized spacial score (nSPS) is 14.5. The lowest BCUT2D eigenvalue weighted by atomic mass is 9.97. The molecule has 0 fully saturated rings. The van der Waals surface area contributed by atoms with Gasteiger partial charge in [0, 0.05) is 0 Å². The second-order valence-electron chi connectivity index (χ2n) is 6.03. The van der Waals surface area contributed by atoms with Crippen LogP contribution in [0.2, 0.25) is 0 Å². The fourth-order valence-electron chi connectivity index (χ4n) is 1.91. The molecule has 118 valence electrons. The first kappa shape index (κ1) is 16.4. The van der Waals surface area contributed by atoms with Crippen molar-refractivity contribution in [1.82, 2.24) is 4.98 Å². The standard InChI is InChI=1S/C15H18N2O4S/c1-14(2,3)21-11(18)8-15(16,13(19)20)12-17-9-6-4-5-7-10(9)22-12/h4-7H,8,16H2,1-3H3,(H,19,20)/t15-/m0/s1. The minimum atomic E-state index is -1.90. The Kier molecular flexibility index (Phi) is 4.21. The van der Waals surface area contributed by atoms with Crippen molar-refractivity contribution in [3.8, 4) is 0 Å². The lowest BCUT2D eigenvalue weighted by Crippen LogP contribution is -2.47. The van der Waals surface area contributed by atoms with Crippen molar-refractivity contribution in [3.63, 3.8) is 0 Å². The predicted molar refractivity (Wildman–Crippen MR) is 83.6 cm³/mol. The number of ether oxygens (including phenoxy) is 1. The van der Waals surface area contributed by atoms with Gasteiger partial charge in [0.25, 0.3) is 0 Å². The Bertz CT molecular complexity index is 687. The molecule has 0 aliphatic heterocycles. The summed E-state index contributed by atoms with van der Waals surface area (Å²) in [5.41, 5.74) is 4.05. The fraction of sp³-hybridized carbons (Fsp3) is 0.400. The lowest BCUT2D eigenvalue weighted by Gasteiger charge is -2.25. The van der Waals surface area contributed by atoms with Crippen LogP contribution in [0.15, 0.2) is 24.3 Å². The van der Waals surface area contributed by atoms with Crippen LogP contribution in [0.3, 0.4) is 0 Å². The molecule has 2 aromatic rings. The maximum Gasteiger partial charge on any atom is 0.331 e. The van der Waals surface area contributed by atoms with Gasteiger partial charge < -0.3 is 15.6 Å². The molecule has 1 aromatic carbocycles. The van der Waals surface area contributed by atoms with Crippen LogP contribution in [-0.2, 0) is 19.9 Å². The van der Waals surface area contributed by atoms with E-state index in [0.29, 0.717) is 5.52 Å². The molecule has 22 heavy (non-hydrogen) atoms. The smallest absolute Gasteiger partial charge is 0.331 e. The number of nitrogens with two attached hydrogens (primary N) is 1. The number of benzene rings is 1. The first-order valence-corrected chi connectivity index (χ1v) is 7.54. The van der Waals surface area contributed by atoms with Gasteiger partial charge in [-0.25, -0.2) is 9.78 Å². The van der Waals surface area contributed by atoms with Crippen molar-refractivity contribution in [2.24, 2.45) is 5.73 Å². The topological polar surface area (TPSA) is 103 Å². The molecule has 1 heterocycles. The molecule has 0 bridgehead atoms. The van der Waals surface area contributed by atoms with Crippen molar-refractivity contribution >= 4 is 33.5 Å². The number of nitrogens with zero attached hydrogens (tertiary/aromatic N) is 1. The van der Waals surface area contributed by atoms with Gasteiger partial charge in [0.15, 0.2) is 5.54 Å². The third kappa shape index (κ3) is 3.42. The summed E-state index contributed by atoms with van der Waals surface area (Å²) in [6.07, 6.45) is -0.473. The van der Waals surface area contributed by atoms with Gasteiger partial charge in [0.2, 0.25) is 0 Å². The van der Waals surface area contributed by atoms with Gasteiger partial charge >= 0.3 is 11.9 Å². The fourth-order valence-corrected chi connectivity index (χ4v) is 2.97. The van der Waals surface area contributed by atoms with Crippen LogP contribution in [0.1, 0.15) is 32.2 Å². The molecule has 1 atom stereocenters. The van der Waals surface area contributed by atoms with Gasteiger partial charge in [-0.15, -0.1) is 11.3 Å². The zero-order valence-corrected chi connectivity index (χ0v) is 13.4. The van der Waals surface area contributed by atoms with Crippen LogP contribution in [0.4, 0.5) is 0 Å². The third-order valence-electron chi connectivity index (χ3n) is 2.90. The molecular formula is C15H18N2O4S. The van der Waals surface area contributed by atoms with Gasteiger partial charge in [-0.05, 0) is 32.9 Å². The van der Waals surface area contributed by atoms with Crippen LogP contribution in [0.25, 0.3) is 10.2 Å². The van der Waals surface area contributed by atoms with Crippen molar-refractivity contribution in [3.05, 3.63) is 29.3 Å². The van der Waals surface area contributed by atoms with Gasteiger partial charge in [-0.1, -0.05) is 12.1 Å². The highest BCUT2D eigenvalue weighted by Gasteiger charge is 2.42. The minimum Gasteiger partial charge on any atom is -0.480 e. The summed E-state index contributed by atoms with van der Waals surface area (Å²) < 4.78 is 5.99. The Morgan fingerprint density at radius 2 is 1.95 bits per heavy atom. The summed E-state index contributed by atoms with van der Waals surface area (Å²) in [5, 5.41) is 9.68. The van der Waals surface area contributed by atoms with E-state index in [4.69, 9.17) is 10.5 Å². The number of carbonyl (C=O) groups excluding carboxylic acids is 1. The number of rotatable bonds is 4. The number of carboxylic acid groups (broad SMARTS) is 1. The number of hydrogen-bond acceptors (Lipinski definition) is 6. The van der Waals surface area contributed by atoms with Gasteiger partial charge in [-0.2, -0.15) is 0 Å². The Balaban J connectivity index is 2.35. The van der Waals surface area contributed by atoms with E-state index < -0.39 is 29.5 Å². The number of hydrogen-bond donors (Lipinski definition) is 2. The first-order chi connectivity index (χ1) is 10.1. The van der Waals surface area contributed by atoms with E-state index in [0.717, 1.165) is 4.70 Å². The number of esters is 1. The summed E-state index contributed by atoms with van der Waals surface area (Å²) in [6, 6.07) is 7.23. The highest BCUT2D eigenvalue weighted by atomic mass is 32.1. The summed E-state index contributed by atoms with van der Waals surface area (Å²) in [6.45, 7) is 5.13. The van der Waals surface area contributed by atoms with Crippen molar-refractivity contribution < 1.29 is 19.4 Å². The van der Waals surface area contributed by atoms with Crippen LogP contribution >= 0.6 is 11.3 Å². The number of fused-ring (bicyclic) bond motifs is 1. The zero-order chi connectivity index (χ0) is 16.5. The first-order valence-electron chi connectivity index (χ1n) is 6.72. The van der Waals surface area contributed by atoms with E-state index in [1.165, 1.54) is 11.3 Å². The van der Waals surface area contributed by atoms with Crippen LogP contribution in [0, 0.1) is 0 Å². The van der Waals surface area contributed by atoms with E-state index in [1.54, 1.807) is 32.9 Å². The largest absolute Gasteiger partial charge is 0.480 e. The SMILES string of the molecule is CC(C)(C)OC(=O)C[C@@](N)(C(=O)O)c1nc2ccccc2s1. The van der Waals surface area contributed by atoms with E-state index in [1.807, 2.05) is 12.1 Å². The summed E-state index contributed by atoms with van der Waals surface area (Å²) >= 11 is 1.17. The Hall–Kier alpha value is -1.99. The predicted octanol–water partition coefficient (Wildman–Crippen LogP) is 2.27. The monoisotopic (exact) mass is 322 g/mol. The number of carbonyl (C=O) groups is 2. The van der Waals surface area contributed by atoms with Gasteiger partial charge in [0.05, 0.1) is 16.6 Å². The Morgan fingerprint density at radius 1 is 1.32 bits per heavy atom. The molecule has 1 aromatic heterocycles. The highest BCUT2D eigenvalue weighted by molar-refractivity contribution is 7.18. The second-order valence-corrected chi connectivity index (χ2v) is 7.06. The molecule has 0 unspecified atom stereocenters. The summed E-state index contributed by atoms with van der Waals surface area (Å²) in [5.74, 6) is -1.98. The van der Waals surface area contributed by atoms with Crippen molar-refractivity contribution in [2.45, 2.75) is 38.3 Å². The van der Waals surface area contributed by atoms with E-state index in [2.05, 4.69) is 4.98 Å². The van der Waals surface area contributed by atoms with Crippen LogP contribution in [0.5, 0.6) is 0 Å². The molecule has 3 N–H and O–H groups in total. The number of aromatic nitrogens is 1. The molecule has 0 saturated carbocycles. The molecule has 7 heteroatoms. The number of thiazole rings is 1. The molecule has 0 saturated heterocycles. The average Bonchev–Trinajstić information content (AvgIpc) is 2.80. The maximum absolute atomic E-state index is 12.0. The molecule has 0 amide bonds. The molecule has 0 aliphatic carbocycles. The van der Waals surface area contributed by atoms with Crippen LogP contribution < -0.4 is 5.73 Å². The molecule has 0 radical (unpaired) electrons. The van der Waals surface area contributed by atoms with E-state index in [9.17, 15) is 14.7 Å². The molecular weight excluding hydrogens is 304 g/mol. The van der Waals surface area contributed by atoms with E-state index >= 15 is 0 Å². The number of carboxylic acids is 1. The molecule has 0 aliphatic rings. The molecule has 0 spiro atoms. The van der Waals surface area contributed by atoms with Crippen molar-refractivity contribution in [1.29, 1.82) is 0 Å². The maximum atomic E-state index is 12.0. The molecule has 6 nitrogen and oxygen atoms in total. The van der Waals surface area contributed by atoms with Crippen molar-refractivity contribution in [2.75, 3.05) is 0 Å². The summed E-state index contributed by atoms with van der Waals surface area (Å²) in [7, 11) is 0. The number of aliphatic carboxylic acids is 1. The minimum absolute atomic E-state index is 0.187. The summed E-state index contributed by atoms with van der Waals surface area (Å²) in [4.78, 5) is 27.9. The highest BCUT2D eigenvalue weighted by Crippen LogP contribution is 2.31. The Morgan fingerprint density at radius 3 is 2.50 bits per heavy atom. The quantitative estimate of drug-likeness (QED) is 0.837. The average molecular weight is 322 g/mol. The van der Waals surface area contributed by atoms with Gasteiger partial charge in [-0.3, -0.25) is 4.79 Å². The Labute approximate surface area is 131 Å². The zero-order valence-electron chi connectivity index (χ0n) is 12.6. The van der Waals surface area contributed by atoms with Gasteiger partial charge in [0.1, 0.15) is 10.6 Å². The number of para-hydroxylation sites is 1. The second kappa shape index (κ2) is 5.66. The van der Waals surface area contributed by atoms with Crippen LogP contribution in [-0.4, -0.2) is 27.6 Å². The lowest BCUT2D eigenvalue weighted by molar-refractivity contribution is -0.161. The van der Waals surface area contributed by atoms with E-state index in [-0.39, 0.29) is 5.01 Å².